The lowest BCUT2D eigenvalue weighted by Gasteiger charge is -2.08. The number of carbonyl (C=O) groups is 1. The molecule has 0 radical (unpaired) electrons. The number of anilines is 1. The second kappa shape index (κ2) is 7.66. The van der Waals surface area contributed by atoms with Gasteiger partial charge in [-0.15, -0.1) is 11.3 Å². The normalized spacial score (nSPS) is 10.6. The van der Waals surface area contributed by atoms with E-state index in [1.807, 2.05) is 47.8 Å². The molecule has 0 aliphatic heterocycles. The van der Waals surface area contributed by atoms with Crippen molar-refractivity contribution in [3.63, 3.8) is 0 Å². The fraction of sp³-hybridized carbons (Fsp3) is 0.0952. The summed E-state index contributed by atoms with van der Waals surface area (Å²) >= 11 is 1.36. The summed E-state index contributed by atoms with van der Waals surface area (Å²) in [5.41, 5.74) is 2.80. The van der Waals surface area contributed by atoms with Crippen molar-refractivity contribution < 1.29 is 14.3 Å². The molecular weight excluding hydrogens is 374 g/mol. The van der Waals surface area contributed by atoms with Gasteiger partial charge in [-0.25, -0.2) is 4.98 Å². The molecule has 0 unspecified atom stereocenters. The summed E-state index contributed by atoms with van der Waals surface area (Å²) in [6.07, 6.45) is 1.68. The third-order valence-corrected chi connectivity index (χ3v) is 5.04. The quantitative estimate of drug-likeness (QED) is 0.537. The van der Waals surface area contributed by atoms with Crippen LogP contribution in [0, 0.1) is 0 Å². The van der Waals surface area contributed by atoms with Crippen molar-refractivity contribution in [2.45, 2.75) is 0 Å². The zero-order valence-corrected chi connectivity index (χ0v) is 16.1. The number of fused-ring (bicyclic) bond motifs is 1. The maximum absolute atomic E-state index is 12.7. The number of hydrogen-bond donors (Lipinski definition) is 1. The van der Waals surface area contributed by atoms with E-state index in [0.717, 1.165) is 16.6 Å². The minimum absolute atomic E-state index is 0.238. The van der Waals surface area contributed by atoms with Gasteiger partial charge in [-0.2, -0.15) is 0 Å². The van der Waals surface area contributed by atoms with E-state index in [2.05, 4.69) is 15.3 Å². The number of para-hydroxylation sites is 1. The second-order valence-corrected chi connectivity index (χ2v) is 6.80. The maximum atomic E-state index is 12.7. The van der Waals surface area contributed by atoms with Crippen molar-refractivity contribution in [2.24, 2.45) is 0 Å². The summed E-state index contributed by atoms with van der Waals surface area (Å²) in [5.74, 6) is 1.04. The lowest BCUT2D eigenvalue weighted by Crippen LogP contribution is -2.12. The van der Waals surface area contributed by atoms with Crippen LogP contribution in [0.4, 0.5) is 5.13 Å². The average Bonchev–Trinajstić information content (AvgIpc) is 3.21. The number of benzene rings is 2. The summed E-state index contributed by atoms with van der Waals surface area (Å²) < 4.78 is 10.6. The number of hydrogen-bond acceptors (Lipinski definition) is 6. The van der Waals surface area contributed by atoms with Crippen LogP contribution in [-0.4, -0.2) is 30.1 Å². The Balaban J connectivity index is 1.59. The monoisotopic (exact) mass is 391 g/mol. The molecule has 6 nitrogen and oxygen atoms in total. The van der Waals surface area contributed by atoms with Crippen LogP contribution in [0.25, 0.3) is 22.2 Å². The molecule has 7 heteroatoms. The molecule has 0 atom stereocenters. The molecule has 0 spiro atoms. The van der Waals surface area contributed by atoms with E-state index in [1.54, 1.807) is 26.5 Å². The first-order valence-corrected chi connectivity index (χ1v) is 9.40. The number of rotatable bonds is 5. The number of methoxy groups -OCH3 is 2. The summed E-state index contributed by atoms with van der Waals surface area (Å²) in [4.78, 5) is 21.6. The molecule has 1 amide bonds. The summed E-state index contributed by atoms with van der Waals surface area (Å²) in [5, 5.41) is 6.18. The molecule has 0 saturated heterocycles. The van der Waals surface area contributed by atoms with Gasteiger partial charge in [0.2, 0.25) is 0 Å². The Morgan fingerprint density at radius 2 is 1.86 bits per heavy atom. The Morgan fingerprint density at radius 1 is 1.04 bits per heavy atom. The Kier molecular flexibility index (Phi) is 4.90. The number of nitrogens with zero attached hydrogens (tertiary/aromatic N) is 2. The maximum Gasteiger partial charge on any atom is 0.259 e. The highest BCUT2D eigenvalue weighted by molar-refractivity contribution is 7.14. The Bertz CT molecular complexity index is 1150. The van der Waals surface area contributed by atoms with Crippen LogP contribution in [0.3, 0.4) is 0 Å². The zero-order chi connectivity index (χ0) is 19.5. The van der Waals surface area contributed by atoms with Gasteiger partial charge in [-0.3, -0.25) is 15.1 Å². The summed E-state index contributed by atoms with van der Waals surface area (Å²) in [7, 11) is 3.18. The summed E-state index contributed by atoms with van der Waals surface area (Å²) in [6.45, 7) is 0. The number of thiazole rings is 1. The van der Waals surface area contributed by atoms with Crippen molar-refractivity contribution in [3.8, 4) is 22.8 Å². The van der Waals surface area contributed by atoms with E-state index in [4.69, 9.17) is 9.47 Å². The fourth-order valence-corrected chi connectivity index (χ4v) is 3.63. The van der Waals surface area contributed by atoms with Crippen LogP contribution in [-0.2, 0) is 0 Å². The predicted molar refractivity (Wildman–Crippen MR) is 110 cm³/mol. The van der Waals surface area contributed by atoms with Gasteiger partial charge in [0.25, 0.3) is 5.91 Å². The first-order chi connectivity index (χ1) is 13.7. The molecule has 4 rings (SSSR count). The van der Waals surface area contributed by atoms with Crippen LogP contribution in [0.5, 0.6) is 11.5 Å². The molecule has 2 aromatic carbocycles. The minimum Gasteiger partial charge on any atom is -0.493 e. The van der Waals surface area contributed by atoms with E-state index in [9.17, 15) is 4.79 Å². The fourth-order valence-electron chi connectivity index (χ4n) is 2.91. The number of pyridine rings is 1. The third-order valence-electron chi connectivity index (χ3n) is 4.28. The van der Waals surface area contributed by atoms with E-state index in [0.29, 0.717) is 27.7 Å². The molecule has 1 N–H and O–H groups in total. The first kappa shape index (κ1) is 17.9. The molecular formula is C21H17N3O3S. The first-order valence-electron chi connectivity index (χ1n) is 8.52. The van der Waals surface area contributed by atoms with Crippen LogP contribution in [0.2, 0.25) is 0 Å². The van der Waals surface area contributed by atoms with Gasteiger partial charge in [0.15, 0.2) is 16.6 Å². The van der Waals surface area contributed by atoms with Crippen LogP contribution in [0.15, 0.2) is 60.1 Å². The largest absolute Gasteiger partial charge is 0.493 e. The van der Waals surface area contributed by atoms with Gasteiger partial charge in [0, 0.05) is 22.5 Å². The number of nitrogens with one attached hydrogen (secondary N) is 1. The SMILES string of the molecule is COc1ccc(-c2csc(NC(=O)c3cccc4cccnc34)n2)cc1OC. The van der Waals surface area contributed by atoms with Crippen molar-refractivity contribution >= 4 is 33.3 Å². The van der Waals surface area contributed by atoms with Crippen molar-refractivity contribution in [1.29, 1.82) is 0 Å². The van der Waals surface area contributed by atoms with Crippen LogP contribution < -0.4 is 14.8 Å². The van der Waals surface area contributed by atoms with Crippen molar-refractivity contribution in [2.75, 3.05) is 19.5 Å². The molecule has 2 heterocycles. The topological polar surface area (TPSA) is 73.3 Å². The van der Waals surface area contributed by atoms with Crippen LogP contribution >= 0.6 is 11.3 Å². The molecule has 140 valence electrons. The molecule has 2 aromatic heterocycles. The van der Waals surface area contributed by atoms with Crippen molar-refractivity contribution in [1.82, 2.24) is 9.97 Å². The van der Waals surface area contributed by atoms with Gasteiger partial charge in [0.1, 0.15) is 0 Å². The van der Waals surface area contributed by atoms with Gasteiger partial charge in [0.05, 0.1) is 31.0 Å². The molecule has 4 aromatic rings. The summed E-state index contributed by atoms with van der Waals surface area (Å²) in [6, 6.07) is 14.9. The predicted octanol–water partition coefficient (Wildman–Crippen LogP) is 4.63. The lowest BCUT2D eigenvalue weighted by atomic mass is 10.1. The highest BCUT2D eigenvalue weighted by Gasteiger charge is 2.14. The molecule has 0 aliphatic carbocycles. The van der Waals surface area contributed by atoms with Crippen LogP contribution in [0.1, 0.15) is 10.4 Å². The molecule has 0 saturated carbocycles. The van der Waals surface area contributed by atoms with Gasteiger partial charge >= 0.3 is 0 Å². The average molecular weight is 391 g/mol. The van der Waals surface area contributed by atoms with E-state index in [1.165, 1.54) is 11.3 Å². The van der Waals surface area contributed by atoms with Crippen molar-refractivity contribution in [3.05, 3.63) is 65.7 Å². The molecule has 0 aliphatic rings. The minimum atomic E-state index is -0.238. The third kappa shape index (κ3) is 3.39. The van der Waals surface area contributed by atoms with E-state index in [-0.39, 0.29) is 5.91 Å². The number of carbonyl (C=O) groups excluding carboxylic acids is 1. The Morgan fingerprint density at radius 3 is 2.68 bits per heavy atom. The van der Waals surface area contributed by atoms with Gasteiger partial charge in [-0.1, -0.05) is 18.2 Å². The lowest BCUT2D eigenvalue weighted by molar-refractivity contribution is 0.102. The number of ether oxygens (including phenoxy) is 2. The number of aromatic nitrogens is 2. The number of amides is 1. The Labute approximate surface area is 165 Å². The Hall–Kier alpha value is -3.45. The smallest absolute Gasteiger partial charge is 0.259 e. The zero-order valence-electron chi connectivity index (χ0n) is 15.3. The van der Waals surface area contributed by atoms with E-state index < -0.39 is 0 Å². The molecule has 0 bridgehead atoms. The molecule has 28 heavy (non-hydrogen) atoms. The highest BCUT2D eigenvalue weighted by atomic mass is 32.1. The van der Waals surface area contributed by atoms with Gasteiger partial charge in [-0.05, 0) is 30.3 Å². The molecule has 0 fully saturated rings. The second-order valence-electron chi connectivity index (χ2n) is 5.94. The van der Waals surface area contributed by atoms with E-state index >= 15 is 0 Å². The highest BCUT2D eigenvalue weighted by Crippen LogP contribution is 2.33. The van der Waals surface area contributed by atoms with Gasteiger partial charge < -0.3 is 9.47 Å². The standard InChI is InChI=1S/C21H17N3O3S/c1-26-17-9-8-14(11-18(17)27-2)16-12-28-21(23-16)24-20(25)15-7-3-5-13-6-4-10-22-19(13)15/h3-12H,1-2H3,(H,23,24,25).